The fourth-order valence-electron chi connectivity index (χ4n) is 3.06. The third-order valence-corrected chi connectivity index (χ3v) is 4.88. The van der Waals surface area contributed by atoms with Crippen LogP contribution >= 0.6 is 0 Å². The van der Waals surface area contributed by atoms with Crippen molar-refractivity contribution in [2.24, 2.45) is 5.92 Å². The highest BCUT2D eigenvalue weighted by Gasteiger charge is 2.32. The quantitative estimate of drug-likeness (QED) is 0.650. The van der Waals surface area contributed by atoms with Gasteiger partial charge in [-0.15, -0.1) is 0 Å². The summed E-state index contributed by atoms with van der Waals surface area (Å²) in [5, 5.41) is 7.60. The molecule has 0 spiro atoms. The number of nitrogens with one attached hydrogen (secondary N) is 3. The number of esters is 1. The maximum Gasteiger partial charge on any atom is 0.321 e. The standard InChI is InChI=1S/C20H26N4O5/c1-13(17(25)23-19(27)21-16-9-10-16)29-18(26)14-6-5-11-24(12-14)20(28)22-15-7-3-2-4-8-15/h2-4,7-8,13-14,16H,5-6,9-12H2,1H3,(H,22,28)(H2,21,23,25,27). The van der Waals surface area contributed by atoms with Crippen LogP contribution in [0.5, 0.6) is 0 Å². The summed E-state index contributed by atoms with van der Waals surface area (Å²) in [6.45, 7) is 2.17. The number of nitrogens with zero attached hydrogens (tertiary/aromatic N) is 1. The molecular weight excluding hydrogens is 376 g/mol. The van der Waals surface area contributed by atoms with Crippen LogP contribution in [0.2, 0.25) is 0 Å². The van der Waals surface area contributed by atoms with Crippen molar-refractivity contribution in [3.63, 3.8) is 0 Å². The summed E-state index contributed by atoms with van der Waals surface area (Å²) in [4.78, 5) is 50.1. The highest BCUT2D eigenvalue weighted by Crippen LogP contribution is 2.20. The molecule has 3 N–H and O–H groups in total. The van der Waals surface area contributed by atoms with Gasteiger partial charge in [0.2, 0.25) is 0 Å². The summed E-state index contributed by atoms with van der Waals surface area (Å²) in [7, 11) is 0. The van der Waals surface area contributed by atoms with Crippen molar-refractivity contribution in [1.82, 2.24) is 15.5 Å². The second kappa shape index (κ2) is 9.40. The third-order valence-electron chi connectivity index (χ3n) is 4.88. The van der Waals surface area contributed by atoms with E-state index in [0.29, 0.717) is 25.1 Å². The first-order chi connectivity index (χ1) is 13.9. The van der Waals surface area contributed by atoms with Crippen molar-refractivity contribution in [1.29, 1.82) is 0 Å². The van der Waals surface area contributed by atoms with Gasteiger partial charge in [-0.05, 0) is 44.7 Å². The normalized spacial score (nSPS) is 19.6. The number of rotatable bonds is 5. The Morgan fingerprint density at radius 3 is 2.52 bits per heavy atom. The number of hydrogen-bond donors (Lipinski definition) is 3. The lowest BCUT2D eigenvalue weighted by Gasteiger charge is -2.32. The molecule has 3 rings (SSSR count). The predicted octanol–water partition coefficient (Wildman–Crippen LogP) is 1.85. The first kappa shape index (κ1) is 20.6. The van der Waals surface area contributed by atoms with Crippen molar-refractivity contribution in [3.8, 4) is 0 Å². The SMILES string of the molecule is CC(OC(=O)C1CCCN(C(=O)Nc2ccccc2)C1)C(=O)NC(=O)NC1CC1. The molecule has 1 aromatic rings. The van der Waals surface area contributed by atoms with E-state index in [1.165, 1.54) is 6.92 Å². The van der Waals surface area contributed by atoms with Crippen LogP contribution in [0.1, 0.15) is 32.6 Å². The fourth-order valence-corrected chi connectivity index (χ4v) is 3.06. The maximum atomic E-state index is 12.5. The van der Waals surface area contributed by atoms with E-state index in [1.807, 2.05) is 18.2 Å². The highest BCUT2D eigenvalue weighted by atomic mass is 16.5. The minimum Gasteiger partial charge on any atom is -0.452 e. The molecular formula is C20H26N4O5. The first-order valence-electron chi connectivity index (χ1n) is 9.85. The zero-order chi connectivity index (χ0) is 20.8. The van der Waals surface area contributed by atoms with E-state index >= 15 is 0 Å². The van der Waals surface area contributed by atoms with E-state index in [-0.39, 0.29) is 18.6 Å². The van der Waals surface area contributed by atoms with Crippen molar-refractivity contribution in [2.45, 2.75) is 44.8 Å². The Morgan fingerprint density at radius 1 is 1.10 bits per heavy atom. The molecule has 0 radical (unpaired) electrons. The van der Waals surface area contributed by atoms with Crippen LogP contribution < -0.4 is 16.0 Å². The van der Waals surface area contributed by atoms with Gasteiger partial charge in [0.05, 0.1) is 5.92 Å². The van der Waals surface area contributed by atoms with Crippen LogP contribution in [-0.4, -0.2) is 54.1 Å². The zero-order valence-corrected chi connectivity index (χ0v) is 16.3. The monoisotopic (exact) mass is 402 g/mol. The number of ether oxygens (including phenoxy) is 1. The number of likely N-dealkylation sites (tertiary alicyclic amines) is 1. The van der Waals surface area contributed by atoms with Crippen LogP contribution in [0, 0.1) is 5.92 Å². The summed E-state index contributed by atoms with van der Waals surface area (Å²) < 4.78 is 5.23. The molecule has 9 heteroatoms. The molecule has 1 saturated carbocycles. The Bertz CT molecular complexity index is 765. The summed E-state index contributed by atoms with van der Waals surface area (Å²) in [5.74, 6) is -1.74. The lowest BCUT2D eigenvalue weighted by molar-refractivity contribution is -0.159. The number of para-hydroxylation sites is 1. The Kier molecular flexibility index (Phi) is 6.69. The number of hydrogen-bond acceptors (Lipinski definition) is 5. The molecule has 1 heterocycles. The molecule has 0 aromatic heterocycles. The Hall–Kier alpha value is -3.10. The summed E-state index contributed by atoms with van der Waals surface area (Å²) >= 11 is 0. The number of carbonyl (C=O) groups is 4. The summed E-state index contributed by atoms with van der Waals surface area (Å²) in [5.41, 5.74) is 0.678. The molecule has 2 fully saturated rings. The fraction of sp³-hybridized carbons (Fsp3) is 0.500. The van der Waals surface area contributed by atoms with Crippen molar-refractivity contribution in [3.05, 3.63) is 30.3 Å². The van der Waals surface area contributed by atoms with Gasteiger partial charge in [0.1, 0.15) is 0 Å². The molecule has 156 valence electrons. The Labute approximate surface area is 169 Å². The van der Waals surface area contributed by atoms with Gasteiger partial charge in [-0.25, -0.2) is 9.59 Å². The number of urea groups is 2. The van der Waals surface area contributed by atoms with Crippen LogP contribution in [-0.2, 0) is 14.3 Å². The van der Waals surface area contributed by atoms with Crippen molar-refractivity contribution < 1.29 is 23.9 Å². The van der Waals surface area contributed by atoms with Gasteiger partial charge >= 0.3 is 18.0 Å². The molecule has 9 nitrogen and oxygen atoms in total. The molecule has 2 atom stereocenters. The Morgan fingerprint density at radius 2 is 1.83 bits per heavy atom. The number of imide groups is 1. The molecule has 0 bridgehead atoms. The second-order valence-corrected chi connectivity index (χ2v) is 7.40. The molecule has 5 amide bonds. The highest BCUT2D eigenvalue weighted by molar-refractivity contribution is 5.97. The van der Waals surface area contributed by atoms with E-state index in [0.717, 1.165) is 12.8 Å². The van der Waals surface area contributed by atoms with Crippen molar-refractivity contribution >= 4 is 29.6 Å². The van der Waals surface area contributed by atoms with Crippen LogP contribution in [0.15, 0.2) is 30.3 Å². The van der Waals surface area contributed by atoms with Gasteiger partial charge in [-0.1, -0.05) is 18.2 Å². The summed E-state index contributed by atoms with van der Waals surface area (Å²) in [6, 6.07) is 8.33. The minimum atomic E-state index is -1.10. The molecule has 1 aromatic carbocycles. The number of benzene rings is 1. The number of amides is 5. The number of anilines is 1. The smallest absolute Gasteiger partial charge is 0.321 e. The van der Waals surface area contributed by atoms with Crippen molar-refractivity contribution in [2.75, 3.05) is 18.4 Å². The number of carbonyl (C=O) groups excluding carboxylic acids is 4. The molecule has 1 aliphatic heterocycles. The zero-order valence-electron chi connectivity index (χ0n) is 16.3. The van der Waals surface area contributed by atoms with Crippen LogP contribution in [0.4, 0.5) is 15.3 Å². The lowest BCUT2D eigenvalue weighted by atomic mass is 9.98. The topological polar surface area (TPSA) is 117 Å². The van der Waals surface area contributed by atoms with Gasteiger partial charge in [0.25, 0.3) is 5.91 Å². The Balaban J connectivity index is 1.46. The second-order valence-electron chi connectivity index (χ2n) is 7.40. The average Bonchev–Trinajstić information content (AvgIpc) is 3.52. The number of piperidine rings is 1. The van der Waals surface area contributed by atoms with Gasteiger partial charge in [0, 0.05) is 24.8 Å². The van der Waals surface area contributed by atoms with E-state index in [9.17, 15) is 19.2 Å². The van der Waals surface area contributed by atoms with E-state index < -0.39 is 29.9 Å². The molecule has 2 aliphatic rings. The first-order valence-corrected chi connectivity index (χ1v) is 9.85. The lowest BCUT2D eigenvalue weighted by Crippen LogP contribution is -2.47. The van der Waals surface area contributed by atoms with Gasteiger partial charge < -0.3 is 20.3 Å². The average molecular weight is 402 g/mol. The maximum absolute atomic E-state index is 12.5. The van der Waals surface area contributed by atoms with Crippen LogP contribution in [0.25, 0.3) is 0 Å². The van der Waals surface area contributed by atoms with Crippen LogP contribution in [0.3, 0.4) is 0 Å². The predicted molar refractivity (Wildman–Crippen MR) is 105 cm³/mol. The minimum absolute atomic E-state index is 0.121. The van der Waals surface area contributed by atoms with Gasteiger partial charge in [-0.3, -0.25) is 14.9 Å². The summed E-state index contributed by atoms with van der Waals surface area (Å²) in [6.07, 6.45) is 1.95. The molecule has 29 heavy (non-hydrogen) atoms. The van der Waals surface area contributed by atoms with Gasteiger partial charge in [-0.2, -0.15) is 0 Å². The van der Waals surface area contributed by atoms with E-state index in [1.54, 1.807) is 17.0 Å². The molecule has 2 unspecified atom stereocenters. The third kappa shape index (κ3) is 6.20. The van der Waals surface area contributed by atoms with E-state index in [2.05, 4.69) is 16.0 Å². The van der Waals surface area contributed by atoms with Gasteiger partial charge in [0.15, 0.2) is 6.10 Å². The molecule has 1 saturated heterocycles. The largest absolute Gasteiger partial charge is 0.452 e. The molecule has 1 aliphatic carbocycles. The van der Waals surface area contributed by atoms with E-state index in [4.69, 9.17) is 4.74 Å².